The lowest BCUT2D eigenvalue weighted by atomic mass is 9.94. The quantitative estimate of drug-likeness (QED) is 0.333. The minimum absolute atomic E-state index is 0.552. The van der Waals surface area contributed by atoms with Gasteiger partial charge in [-0.05, 0) is 48.4 Å². The first-order chi connectivity index (χ1) is 16.3. The maximum Gasteiger partial charge on any atom is 0.182 e. The summed E-state index contributed by atoms with van der Waals surface area (Å²) in [5.41, 5.74) is 7.54. The molecule has 1 fully saturated rings. The van der Waals surface area contributed by atoms with Gasteiger partial charge in [0.05, 0.1) is 31.9 Å². The molecule has 6 rings (SSSR count). The van der Waals surface area contributed by atoms with Crippen LogP contribution in [0.2, 0.25) is 0 Å². The zero-order valence-electron chi connectivity index (χ0n) is 17.8. The van der Waals surface area contributed by atoms with Gasteiger partial charge in [-0.25, -0.2) is 4.98 Å². The average molecular weight is 469 g/mol. The Hall–Kier alpha value is -3.54. The van der Waals surface area contributed by atoms with Crippen LogP contribution in [-0.4, -0.2) is 33.3 Å². The number of fused-ring (bicyclic) bond motifs is 1. The summed E-state index contributed by atoms with van der Waals surface area (Å²) >= 11 is 3.12. The number of nitriles is 1. The monoisotopic (exact) mass is 468 g/mol. The van der Waals surface area contributed by atoms with Gasteiger partial charge < -0.3 is 4.90 Å². The molecule has 0 bridgehead atoms. The Morgan fingerprint density at radius 3 is 2.55 bits per heavy atom. The van der Waals surface area contributed by atoms with E-state index in [1.165, 1.54) is 36.3 Å². The van der Waals surface area contributed by atoms with Crippen LogP contribution in [0.4, 0.5) is 5.69 Å². The van der Waals surface area contributed by atoms with E-state index in [0.717, 1.165) is 45.1 Å². The third-order valence-corrected chi connectivity index (χ3v) is 7.79. The molecule has 162 valence electrons. The maximum atomic E-state index is 10.3. The summed E-state index contributed by atoms with van der Waals surface area (Å²) in [5.74, 6) is 0. The number of H-pyrrole nitrogens is 1. The molecule has 0 amide bonds. The van der Waals surface area contributed by atoms with E-state index in [4.69, 9.17) is 4.98 Å². The van der Waals surface area contributed by atoms with Crippen LogP contribution in [0, 0.1) is 11.3 Å². The average Bonchev–Trinajstić information content (AvgIpc) is 3.65. The molecule has 5 aromatic rings. The van der Waals surface area contributed by atoms with Crippen LogP contribution in [0.25, 0.3) is 43.3 Å². The molecule has 5 heterocycles. The number of anilines is 1. The molecule has 0 atom stereocenters. The highest BCUT2D eigenvalue weighted by atomic mass is 32.1. The molecule has 1 aliphatic heterocycles. The number of nitrogens with one attached hydrogen (secondary N) is 1. The number of hydrogen-bond donors (Lipinski definition) is 1. The van der Waals surface area contributed by atoms with Crippen LogP contribution < -0.4 is 4.90 Å². The Bertz CT molecular complexity index is 1440. The highest BCUT2D eigenvalue weighted by Gasteiger charge is 2.24. The number of aromatic nitrogens is 4. The largest absolute Gasteiger partial charge is 0.372 e. The zero-order valence-corrected chi connectivity index (χ0v) is 19.4. The number of aromatic amines is 1. The van der Waals surface area contributed by atoms with Gasteiger partial charge >= 0.3 is 0 Å². The number of thiazole rings is 1. The lowest BCUT2D eigenvalue weighted by Crippen LogP contribution is -2.29. The minimum Gasteiger partial charge on any atom is -0.372 e. The molecular formula is C25H20N6S2. The Balaban J connectivity index is 1.59. The van der Waals surface area contributed by atoms with Gasteiger partial charge in [-0.2, -0.15) is 10.4 Å². The van der Waals surface area contributed by atoms with Crippen molar-refractivity contribution in [2.75, 3.05) is 18.0 Å². The van der Waals surface area contributed by atoms with Gasteiger partial charge in [-0.1, -0.05) is 18.2 Å². The van der Waals surface area contributed by atoms with Crippen LogP contribution in [-0.2, 0) is 0 Å². The van der Waals surface area contributed by atoms with Gasteiger partial charge in [0.15, 0.2) is 5.65 Å². The molecule has 0 aliphatic carbocycles. The third-order valence-electron chi connectivity index (χ3n) is 6.12. The van der Waals surface area contributed by atoms with Crippen LogP contribution in [0.3, 0.4) is 0 Å². The molecule has 1 N–H and O–H groups in total. The normalized spacial score (nSPS) is 14.0. The summed E-state index contributed by atoms with van der Waals surface area (Å²) in [4.78, 5) is 13.4. The predicted molar refractivity (Wildman–Crippen MR) is 135 cm³/mol. The van der Waals surface area contributed by atoms with Crippen LogP contribution in [0.5, 0.6) is 0 Å². The lowest BCUT2D eigenvalue weighted by Gasteiger charge is -2.29. The van der Waals surface area contributed by atoms with E-state index in [0.29, 0.717) is 16.9 Å². The SMILES string of the molecule is N#Cc1c(-c2cncs2)nc2n[nH]c(-c3cccs3)c2c1-c1ccc(N2CCCCC2)cc1. The summed E-state index contributed by atoms with van der Waals surface area (Å²) in [6.45, 7) is 2.20. The van der Waals surface area contributed by atoms with Crippen molar-refractivity contribution in [1.82, 2.24) is 20.2 Å². The molecule has 8 heteroatoms. The van der Waals surface area contributed by atoms with Gasteiger partial charge in [0.25, 0.3) is 0 Å². The summed E-state index contributed by atoms with van der Waals surface area (Å²) in [6.07, 6.45) is 5.54. The van der Waals surface area contributed by atoms with Gasteiger partial charge in [-0.3, -0.25) is 10.1 Å². The van der Waals surface area contributed by atoms with Crippen molar-refractivity contribution in [1.29, 1.82) is 5.26 Å². The Kier molecular flexibility index (Phi) is 5.13. The van der Waals surface area contributed by atoms with Gasteiger partial charge in [-0.15, -0.1) is 22.7 Å². The first kappa shape index (κ1) is 20.1. The van der Waals surface area contributed by atoms with Crippen molar-refractivity contribution >= 4 is 39.4 Å². The number of hydrogen-bond acceptors (Lipinski definition) is 7. The number of benzene rings is 1. The van der Waals surface area contributed by atoms with Crippen molar-refractivity contribution in [3.8, 4) is 38.3 Å². The fourth-order valence-electron chi connectivity index (χ4n) is 4.55. The number of piperidine rings is 1. The van der Waals surface area contributed by atoms with E-state index in [-0.39, 0.29) is 0 Å². The highest BCUT2D eigenvalue weighted by molar-refractivity contribution is 7.13. The fraction of sp³-hybridized carbons (Fsp3) is 0.200. The highest BCUT2D eigenvalue weighted by Crippen LogP contribution is 2.42. The molecule has 0 unspecified atom stereocenters. The molecule has 1 aliphatic rings. The topological polar surface area (TPSA) is 81.5 Å². The van der Waals surface area contributed by atoms with Crippen LogP contribution in [0.1, 0.15) is 24.8 Å². The molecule has 0 spiro atoms. The molecular weight excluding hydrogens is 448 g/mol. The first-order valence-electron chi connectivity index (χ1n) is 10.9. The van der Waals surface area contributed by atoms with Gasteiger partial charge in [0.1, 0.15) is 11.8 Å². The van der Waals surface area contributed by atoms with E-state index in [1.807, 2.05) is 11.4 Å². The van der Waals surface area contributed by atoms with Crippen molar-refractivity contribution in [2.24, 2.45) is 0 Å². The van der Waals surface area contributed by atoms with Crippen molar-refractivity contribution in [3.05, 3.63) is 59.0 Å². The van der Waals surface area contributed by atoms with Crippen LogP contribution >= 0.6 is 22.7 Å². The summed E-state index contributed by atoms with van der Waals surface area (Å²) in [7, 11) is 0. The zero-order chi connectivity index (χ0) is 22.2. The van der Waals surface area contributed by atoms with Gasteiger partial charge in [0.2, 0.25) is 0 Å². The van der Waals surface area contributed by atoms with E-state index in [2.05, 4.69) is 56.5 Å². The molecule has 0 radical (unpaired) electrons. The molecule has 0 saturated carbocycles. The third kappa shape index (κ3) is 3.50. The number of pyridine rings is 1. The summed E-state index contributed by atoms with van der Waals surface area (Å²) < 4.78 is 0. The van der Waals surface area contributed by atoms with E-state index < -0.39 is 0 Å². The van der Waals surface area contributed by atoms with E-state index >= 15 is 0 Å². The van der Waals surface area contributed by atoms with E-state index in [1.54, 1.807) is 23.0 Å². The maximum absolute atomic E-state index is 10.3. The standard InChI is InChI=1S/C25H20N6S2/c26-13-18-21(16-6-8-17(9-7-16)31-10-2-1-3-11-31)22-24(19-5-4-12-32-19)29-30-25(22)28-23(18)20-14-27-15-33-20/h4-9,12,14-15H,1-3,10-11H2,(H,28,29,30). The fourth-order valence-corrected chi connectivity index (χ4v) is 5.90. The van der Waals surface area contributed by atoms with Crippen molar-refractivity contribution < 1.29 is 0 Å². The minimum atomic E-state index is 0.552. The number of thiophene rings is 1. The Labute approximate surface area is 199 Å². The predicted octanol–water partition coefficient (Wildman–Crippen LogP) is 6.34. The molecule has 33 heavy (non-hydrogen) atoms. The second-order valence-corrected chi connectivity index (χ2v) is 9.89. The molecule has 1 saturated heterocycles. The lowest BCUT2D eigenvalue weighted by molar-refractivity contribution is 0.578. The van der Waals surface area contributed by atoms with Crippen molar-refractivity contribution in [2.45, 2.75) is 19.3 Å². The smallest absolute Gasteiger partial charge is 0.182 e. The van der Waals surface area contributed by atoms with Crippen LogP contribution in [0.15, 0.2) is 53.5 Å². The second kappa shape index (κ2) is 8.43. The summed E-state index contributed by atoms with van der Waals surface area (Å²) in [5, 5.41) is 20.9. The Morgan fingerprint density at radius 2 is 1.85 bits per heavy atom. The molecule has 4 aromatic heterocycles. The first-order valence-corrected chi connectivity index (χ1v) is 12.7. The van der Waals surface area contributed by atoms with Crippen molar-refractivity contribution in [3.63, 3.8) is 0 Å². The Morgan fingerprint density at radius 1 is 1.00 bits per heavy atom. The van der Waals surface area contributed by atoms with E-state index in [9.17, 15) is 5.26 Å². The molecule has 1 aromatic carbocycles. The van der Waals surface area contributed by atoms with Gasteiger partial charge in [0, 0.05) is 30.5 Å². The number of rotatable bonds is 4. The second-order valence-electron chi connectivity index (χ2n) is 8.06. The summed E-state index contributed by atoms with van der Waals surface area (Å²) in [6, 6.07) is 15.1. The molecule has 6 nitrogen and oxygen atoms in total. The number of nitrogens with zero attached hydrogens (tertiary/aromatic N) is 5.